The Morgan fingerprint density at radius 1 is 0.938 bits per heavy atom. The number of para-hydroxylation sites is 2. The molecular weight excluding hydrogens is 403 g/mol. The lowest BCUT2D eigenvalue weighted by atomic mass is 9.89. The first-order chi connectivity index (χ1) is 15.4. The summed E-state index contributed by atoms with van der Waals surface area (Å²) in [7, 11) is 0. The number of benzene rings is 3. The van der Waals surface area contributed by atoms with Gasteiger partial charge in [-0.1, -0.05) is 50.2 Å². The van der Waals surface area contributed by atoms with E-state index < -0.39 is 0 Å². The molecule has 3 aromatic rings. The van der Waals surface area contributed by atoms with Crippen LogP contribution in [0.25, 0.3) is 0 Å². The van der Waals surface area contributed by atoms with Gasteiger partial charge in [0.05, 0.1) is 6.04 Å². The summed E-state index contributed by atoms with van der Waals surface area (Å²) in [6, 6.07) is 22.7. The molecule has 0 bridgehead atoms. The lowest BCUT2D eigenvalue weighted by Gasteiger charge is -2.44. The predicted molar refractivity (Wildman–Crippen MR) is 125 cm³/mol. The molecular formula is C27H27FN2O2. The summed E-state index contributed by atoms with van der Waals surface area (Å²) < 4.78 is 13.4. The van der Waals surface area contributed by atoms with Crippen LogP contribution in [0.5, 0.6) is 0 Å². The van der Waals surface area contributed by atoms with E-state index >= 15 is 0 Å². The molecule has 0 saturated carbocycles. The van der Waals surface area contributed by atoms with Crippen molar-refractivity contribution in [2.24, 2.45) is 5.92 Å². The summed E-state index contributed by atoms with van der Waals surface area (Å²) >= 11 is 0. The van der Waals surface area contributed by atoms with Gasteiger partial charge in [-0.05, 0) is 61.4 Å². The maximum absolute atomic E-state index is 13.4. The molecule has 32 heavy (non-hydrogen) atoms. The third kappa shape index (κ3) is 4.03. The summed E-state index contributed by atoms with van der Waals surface area (Å²) in [5, 5.41) is 0. The number of amides is 2. The van der Waals surface area contributed by atoms with Gasteiger partial charge in [-0.2, -0.15) is 0 Å². The monoisotopic (exact) mass is 430 g/mol. The highest BCUT2D eigenvalue weighted by molar-refractivity contribution is 6.07. The molecule has 4 nitrogen and oxygen atoms in total. The molecule has 0 aliphatic carbocycles. The van der Waals surface area contributed by atoms with Crippen LogP contribution in [0.4, 0.5) is 15.8 Å². The van der Waals surface area contributed by atoms with Crippen LogP contribution < -0.4 is 9.80 Å². The fourth-order valence-corrected chi connectivity index (χ4v) is 4.39. The molecule has 0 aromatic heterocycles. The van der Waals surface area contributed by atoms with E-state index in [-0.39, 0.29) is 35.6 Å². The molecule has 0 fully saturated rings. The molecule has 0 radical (unpaired) electrons. The van der Waals surface area contributed by atoms with Crippen molar-refractivity contribution in [3.63, 3.8) is 0 Å². The lowest BCUT2D eigenvalue weighted by Crippen LogP contribution is -2.48. The second-order valence-electron chi connectivity index (χ2n) is 8.54. The Kier molecular flexibility index (Phi) is 6.08. The number of fused-ring (bicyclic) bond motifs is 1. The van der Waals surface area contributed by atoms with Gasteiger partial charge in [0.1, 0.15) is 5.82 Å². The lowest BCUT2D eigenvalue weighted by molar-refractivity contribution is -0.122. The molecule has 0 spiro atoms. The fourth-order valence-electron chi connectivity index (χ4n) is 4.39. The molecule has 1 aliphatic rings. The summed E-state index contributed by atoms with van der Waals surface area (Å²) in [5.41, 5.74) is 2.99. The van der Waals surface area contributed by atoms with E-state index in [1.807, 2.05) is 80.3 Å². The minimum Gasteiger partial charge on any atom is -0.305 e. The molecule has 164 valence electrons. The van der Waals surface area contributed by atoms with Crippen LogP contribution >= 0.6 is 0 Å². The molecule has 0 unspecified atom stereocenters. The number of carbonyl (C=O) groups is 2. The fraction of sp³-hybridized carbons (Fsp3) is 0.259. The van der Waals surface area contributed by atoms with Gasteiger partial charge < -0.3 is 9.80 Å². The van der Waals surface area contributed by atoms with Crippen LogP contribution in [0.2, 0.25) is 0 Å². The van der Waals surface area contributed by atoms with Crippen molar-refractivity contribution in [2.75, 3.05) is 9.80 Å². The normalized spacial score (nSPS) is 17.7. The van der Waals surface area contributed by atoms with Gasteiger partial charge >= 0.3 is 0 Å². The van der Waals surface area contributed by atoms with Crippen molar-refractivity contribution >= 4 is 23.2 Å². The highest BCUT2D eigenvalue weighted by Crippen LogP contribution is 2.43. The Morgan fingerprint density at radius 2 is 1.56 bits per heavy atom. The van der Waals surface area contributed by atoms with E-state index in [1.165, 1.54) is 24.3 Å². The van der Waals surface area contributed by atoms with E-state index in [2.05, 4.69) is 0 Å². The first-order valence-corrected chi connectivity index (χ1v) is 10.9. The number of anilines is 2. The Labute approximate surface area is 188 Å². The predicted octanol–water partition coefficient (Wildman–Crippen LogP) is 6.00. The van der Waals surface area contributed by atoms with Gasteiger partial charge in [-0.15, -0.1) is 0 Å². The number of hydrogen-bond acceptors (Lipinski definition) is 2. The van der Waals surface area contributed by atoms with Gasteiger partial charge in [0.15, 0.2) is 0 Å². The Balaban J connectivity index is 1.79. The van der Waals surface area contributed by atoms with Crippen molar-refractivity contribution in [2.45, 2.75) is 39.3 Å². The number of carbonyl (C=O) groups excluding carboxylic acids is 2. The molecule has 5 heteroatoms. The first-order valence-electron chi connectivity index (χ1n) is 10.9. The number of rotatable bonds is 4. The average Bonchev–Trinajstić information content (AvgIpc) is 2.80. The van der Waals surface area contributed by atoms with Gasteiger partial charge in [-0.25, -0.2) is 4.39 Å². The molecule has 0 N–H and O–H groups in total. The summed E-state index contributed by atoms with van der Waals surface area (Å²) in [5.74, 6) is -0.678. The number of hydrogen-bond donors (Lipinski definition) is 0. The Morgan fingerprint density at radius 3 is 2.22 bits per heavy atom. The van der Waals surface area contributed by atoms with E-state index in [0.717, 1.165) is 16.9 Å². The highest BCUT2D eigenvalue weighted by Gasteiger charge is 2.39. The van der Waals surface area contributed by atoms with Gasteiger partial charge in [0, 0.05) is 28.9 Å². The van der Waals surface area contributed by atoms with E-state index in [0.29, 0.717) is 12.0 Å². The van der Waals surface area contributed by atoms with Crippen molar-refractivity contribution < 1.29 is 14.0 Å². The number of halogens is 1. The van der Waals surface area contributed by atoms with Gasteiger partial charge in [0.25, 0.3) is 5.91 Å². The zero-order valence-electron chi connectivity index (χ0n) is 18.5. The maximum atomic E-state index is 13.4. The van der Waals surface area contributed by atoms with Crippen molar-refractivity contribution in [3.05, 3.63) is 95.8 Å². The third-order valence-corrected chi connectivity index (χ3v) is 5.95. The summed E-state index contributed by atoms with van der Waals surface area (Å²) in [4.78, 5) is 30.4. The molecule has 4 rings (SSSR count). The standard InChI is InChI=1S/C27H27FN2O2/c1-18(2)26(31)30(22-9-5-4-6-10-22)25-17-19(3)29(24-12-8-7-11-23(24)25)27(32)20-13-15-21(28)16-14-20/h4-16,18-19,25H,17H2,1-3H3/t19-,25+/m0/s1. The van der Waals surface area contributed by atoms with E-state index in [4.69, 9.17) is 0 Å². The molecule has 2 amide bonds. The first kappa shape index (κ1) is 21.8. The quantitative estimate of drug-likeness (QED) is 0.510. The smallest absolute Gasteiger partial charge is 0.258 e. The molecule has 1 aliphatic heterocycles. The van der Waals surface area contributed by atoms with E-state index in [1.54, 1.807) is 4.90 Å². The second kappa shape index (κ2) is 8.95. The van der Waals surface area contributed by atoms with Crippen LogP contribution in [0, 0.1) is 11.7 Å². The van der Waals surface area contributed by atoms with Gasteiger partial charge in [0.2, 0.25) is 5.91 Å². The molecule has 1 heterocycles. The second-order valence-corrected chi connectivity index (χ2v) is 8.54. The maximum Gasteiger partial charge on any atom is 0.258 e. The average molecular weight is 431 g/mol. The SMILES string of the molecule is CC(C)C(=O)N(c1ccccc1)[C@@H]1C[C@H](C)N(C(=O)c2ccc(F)cc2)c2ccccc21. The van der Waals surface area contributed by atoms with Crippen LogP contribution in [0.15, 0.2) is 78.9 Å². The Bertz CT molecular complexity index is 1110. The van der Waals surface area contributed by atoms with Crippen LogP contribution in [0.3, 0.4) is 0 Å². The summed E-state index contributed by atoms with van der Waals surface area (Å²) in [6.07, 6.45) is 0.595. The molecule has 0 saturated heterocycles. The summed E-state index contributed by atoms with van der Waals surface area (Å²) in [6.45, 7) is 5.80. The largest absolute Gasteiger partial charge is 0.305 e. The van der Waals surface area contributed by atoms with Crippen molar-refractivity contribution in [1.29, 1.82) is 0 Å². The minimum atomic E-state index is -0.376. The van der Waals surface area contributed by atoms with Crippen LogP contribution in [-0.4, -0.2) is 17.9 Å². The van der Waals surface area contributed by atoms with Gasteiger partial charge in [-0.3, -0.25) is 9.59 Å². The third-order valence-electron chi connectivity index (χ3n) is 5.95. The van der Waals surface area contributed by atoms with Crippen molar-refractivity contribution in [3.8, 4) is 0 Å². The van der Waals surface area contributed by atoms with Crippen LogP contribution in [0.1, 0.15) is 49.2 Å². The molecule has 3 aromatic carbocycles. The van der Waals surface area contributed by atoms with E-state index in [9.17, 15) is 14.0 Å². The Hall–Kier alpha value is -3.47. The highest BCUT2D eigenvalue weighted by atomic mass is 19.1. The zero-order valence-corrected chi connectivity index (χ0v) is 18.5. The van der Waals surface area contributed by atoms with Crippen molar-refractivity contribution in [1.82, 2.24) is 0 Å². The molecule has 2 atom stereocenters. The zero-order chi connectivity index (χ0) is 22.8. The minimum absolute atomic E-state index is 0.0431. The topological polar surface area (TPSA) is 40.6 Å². The van der Waals surface area contributed by atoms with Crippen LogP contribution in [-0.2, 0) is 4.79 Å². The number of nitrogens with zero attached hydrogens (tertiary/aromatic N) is 2.